The first-order valence-corrected chi connectivity index (χ1v) is 8.69. The Morgan fingerprint density at radius 3 is 2.29 bits per heavy atom. The highest BCUT2D eigenvalue weighted by atomic mass is 16.5. The van der Waals surface area contributed by atoms with Gasteiger partial charge in [-0.05, 0) is 23.8 Å². The average molecular weight is 376 g/mol. The molecule has 3 rings (SSSR count). The van der Waals surface area contributed by atoms with E-state index in [2.05, 4.69) is 20.6 Å². The van der Waals surface area contributed by atoms with Crippen LogP contribution in [0.2, 0.25) is 0 Å². The van der Waals surface area contributed by atoms with Crippen LogP contribution in [0.15, 0.2) is 67.3 Å². The van der Waals surface area contributed by atoms with E-state index in [0.717, 1.165) is 11.1 Å². The Morgan fingerprint density at radius 2 is 1.61 bits per heavy atom. The van der Waals surface area contributed by atoms with Crippen LogP contribution < -0.4 is 15.4 Å². The second kappa shape index (κ2) is 9.27. The number of pyridine rings is 2. The van der Waals surface area contributed by atoms with E-state index in [1.54, 1.807) is 25.6 Å². The van der Waals surface area contributed by atoms with E-state index in [9.17, 15) is 9.59 Å². The molecule has 2 aromatic heterocycles. The fraction of sp³-hybridized carbons (Fsp3) is 0.143. The van der Waals surface area contributed by atoms with Gasteiger partial charge < -0.3 is 15.4 Å². The molecule has 0 spiro atoms. The van der Waals surface area contributed by atoms with E-state index >= 15 is 0 Å². The lowest BCUT2D eigenvalue weighted by Crippen LogP contribution is -2.25. The molecule has 142 valence electrons. The summed E-state index contributed by atoms with van der Waals surface area (Å²) in [5.74, 6) is 0.0699. The number of hydrogen-bond acceptors (Lipinski definition) is 5. The Morgan fingerprint density at radius 1 is 0.893 bits per heavy atom. The summed E-state index contributed by atoms with van der Waals surface area (Å²) in [6.45, 7) is 0.650. The van der Waals surface area contributed by atoms with Crippen molar-refractivity contribution in [3.8, 4) is 5.75 Å². The molecule has 2 heterocycles. The van der Waals surface area contributed by atoms with Crippen molar-refractivity contribution in [2.24, 2.45) is 0 Å². The molecule has 0 atom stereocenters. The third kappa shape index (κ3) is 4.91. The van der Waals surface area contributed by atoms with Gasteiger partial charge in [0, 0.05) is 43.4 Å². The number of carbonyl (C=O) groups excluding carboxylic acids is 2. The molecule has 0 aliphatic heterocycles. The van der Waals surface area contributed by atoms with Gasteiger partial charge in [-0.1, -0.05) is 24.3 Å². The lowest BCUT2D eigenvalue weighted by atomic mass is 10.1. The van der Waals surface area contributed by atoms with Crippen molar-refractivity contribution < 1.29 is 14.3 Å². The van der Waals surface area contributed by atoms with Crippen LogP contribution in [0.5, 0.6) is 5.75 Å². The monoisotopic (exact) mass is 376 g/mol. The molecule has 0 aliphatic rings. The van der Waals surface area contributed by atoms with E-state index in [-0.39, 0.29) is 11.8 Å². The molecule has 1 aromatic carbocycles. The third-order valence-electron chi connectivity index (χ3n) is 4.07. The molecule has 3 aromatic rings. The molecule has 2 amide bonds. The minimum absolute atomic E-state index is 0.306. The highest BCUT2D eigenvalue weighted by molar-refractivity contribution is 5.99. The van der Waals surface area contributed by atoms with Crippen molar-refractivity contribution >= 4 is 11.8 Å². The van der Waals surface area contributed by atoms with E-state index < -0.39 is 0 Å². The van der Waals surface area contributed by atoms with E-state index in [1.807, 2.05) is 30.3 Å². The van der Waals surface area contributed by atoms with E-state index in [1.165, 1.54) is 18.5 Å². The van der Waals surface area contributed by atoms with Crippen LogP contribution in [-0.2, 0) is 13.1 Å². The van der Waals surface area contributed by atoms with Crippen molar-refractivity contribution in [1.29, 1.82) is 0 Å². The van der Waals surface area contributed by atoms with Crippen LogP contribution in [0.3, 0.4) is 0 Å². The van der Waals surface area contributed by atoms with Gasteiger partial charge >= 0.3 is 0 Å². The second-order valence-corrected chi connectivity index (χ2v) is 6.00. The summed E-state index contributed by atoms with van der Waals surface area (Å²) in [6, 6.07) is 12.6. The summed E-state index contributed by atoms with van der Waals surface area (Å²) in [7, 11) is 1.58. The maximum absolute atomic E-state index is 12.4. The van der Waals surface area contributed by atoms with Crippen LogP contribution in [0.4, 0.5) is 0 Å². The largest absolute Gasteiger partial charge is 0.496 e. The maximum Gasteiger partial charge on any atom is 0.253 e. The molecule has 2 N–H and O–H groups in total. The number of para-hydroxylation sites is 1. The molecule has 0 radical (unpaired) electrons. The fourth-order valence-corrected chi connectivity index (χ4v) is 2.60. The Hall–Kier alpha value is -3.74. The Bertz CT molecular complexity index is 961. The summed E-state index contributed by atoms with van der Waals surface area (Å²) < 4.78 is 5.28. The Kier molecular flexibility index (Phi) is 6.30. The summed E-state index contributed by atoms with van der Waals surface area (Å²) in [4.78, 5) is 32.8. The molecule has 7 heteroatoms. The third-order valence-corrected chi connectivity index (χ3v) is 4.07. The number of methoxy groups -OCH3 is 1. The standard InChI is InChI=1S/C21H20N4O3/c1-28-19-7-3-2-6-16(19)14-25-21(27)18-9-17(12-23-13-18)20(26)24-11-15-5-4-8-22-10-15/h2-10,12-13H,11,14H2,1H3,(H,24,26)(H,25,27). The van der Waals surface area contributed by atoms with Crippen molar-refractivity contribution in [3.05, 3.63) is 89.5 Å². The van der Waals surface area contributed by atoms with Crippen LogP contribution >= 0.6 is 0 Å². The molecular weight excluding hydrogens is 356 g/mol. The predicted molar refractivity (Wildman–Crippen MR) is 104 cm³/mol. The van der Waals surface area contributed by atoms with Gasteiger partial charge in [0.2, 0.25) is 0 Å². The Labute approximate surface area is 162 Å². The minimum atomic E-state index is -0.319. The highest BCUT2D eigenvalue weighted by Crippen LogP contribution is 2.17. The van der Waals surface area contributed by atoms with Crippen molar-refractivity contribution in [2.45, 2.75) is 13.1 Å². The van der Waals surface area contributed by atoms with Crippen molar-refractivity contribution in [3.63, 3.8) is 0 Å². The number of nitrogens with one attached hydrogen (secondary N) is 2. The molecule has 7 nitrogen and oxygen atoms in total. The number of hydrogen-bond donors (Lipinski definition) is 2. The summed E-state index contributed by atoms with van der Waals surface area (Å²) >= 11 is 0. The fourth-order valence-electron chi connectivity index (χ4n) is 2.60. The zero-order chi connectivity index (χ0) is 19.8. The lowest BCUT2D eigenvalue weighted by Gasteiger charge is -2.10. The SMILES string of the molecule is COc1ccccc1CNC(=O)c1cncc(C(=O)NCc2cccnc2)c1. The normalized spacial score (nSPS) is 10.2. The van der Waals surface area contributed by atoms with Crippen LogP contribution in [0.25, 0.3) is 0 Å². The predicted octanol–water partition coefficient (Wildman–Crippen LogP) is 2.35. The first kappa shape index (κ1) is 19.0. The molecule has 28 heavy (non-hydrogen) atoms. The lowest BCUT2D eigenvalue weighted by molar-refractivity contribution is 0.0950. The summed E-state index contributed by atoms with van der Waals surface area (Å²) in [6.07, 6.45) is 6.20. The van der Waals surface area contributed by atoms with Crippen LogP contribution in [0.1, 0.15) is 31.8 Å². The smallest absolute Gasteiger partial charge is 0.253 e. The van der Waals surface area contributed by atoms with Gasteiger partial charge in [-0.2, -0.15) is 0 Å². The maximum atomic E-state index is 12.4. The van der Waals surface area contributed by atoms with E-state index in [4.69, 9.17) is 4.74 Å². The molecule has 0 saturated heterocycles. The number of aromatic nitrogens is 2. The highest BCUT2D eigenvalue weighted by Gasteiger charge is 2.12. The van der Waals surface area contributed by atoms with Crippen LogP contribution in [0, 0.1) is 0 Å². The number of nitrogens with zero attached hydrogens (tertiary/aromatic N) is 2. The average Bonchev–Trinajstić information content (AvgIpc) is 2.76. The molecule has 0 unspecified atom stereocenters. The molecule has 0 saturated carbocycles. The van der Waals surface area contributed by atoms with Gasteiger partial charge in [-0.15, -0.1) is 0 Å². The van der Waals surface area contributed by atoms with Crippen LogP contribution in [-0.4, -0.2) is 28.9 Å². The zero-order valence-corrected chi connectivity index (χ0v) is 15.4. The summed E-state index contributed by atoms with van der Waals surface area (Å²) in [5.41, 5.74) is 2.36. The first-order chi connectivity index (χ1) is 13.7. The summed E-state index contributed by atoms with van der Waals surface area (Å²) in [5, 5.41) is 5.60. The minimum Gasteiger partial charge on any atom is -0.496 e. The van der Waals surface area contributed by atoms with Gasteiger partial charge in [0.1, 0.15) is 5.75 Å². The molecular formula is C21H20N4O3. The van der Waals surface area contributed by atoms with Gasteiger partial charge in [-0.25, -0.2) is 0 Å². The first-order valence-electron chi connectivity index (χ1n) is 8.69. The number of amides is 2. The second-order valence-electron chi connectivity index (χ2n) is 6.00. The Balaban J connectivity index is 1.61. The molecule has 0 bridgehead atoms. The van der Waals surface area contributed by atoms with E-state index in [0.29, 0.717) is 30.0 Å². The number of carbonyl (C=O) groups is 2. The zero-order valence-electron chi connectivity index (χ0n) is 15.4. The topological polar surface area (TPSA) is 93.2 Å². The van der Waals surface area contributed by atoms with Gasteiger partial charge in [0.15, 0.2) is 0 Å². The number of benzene rings is 1. The van der Waals surface area contributed by atoms with Gasteiger partial charge in [-0.3, -0.25) is 19.6 Å². The van der Waals surface area contributed by atoms with Crippen molar-refractivity contribution in [2.75, 3.05) is 7.11 Å². The van der Waals surface area contributed by atoms with Gasteiger partial charge in [0.25, 0.3) is 11.8 Å². The van der Waals surface area contributed by atoms with Crippen molar-refractivity contribution in [1.82, 2.24) is 20.6 Å². The molecule has 0 aliphatic carbocycles. The van der Waals surface area contributed by atoms with Gasteiger partial charge in [0.05, 0.1) is 18.2 Å². The number of ether oxygens (including phenoxy) is 1. The quantitative estimate of drug-likeness (QED) is 0.660. The number of rotatable bonds is 7. The molecule has 0 fully saturated rings.